The fourth-order valence-electron chi connectivity index (χ4n) is 1.18. The van der Waals surface area contributed by atoms with Gasteiger partial charge in [0.2, 0.25) is 0 Å². The molecule has 1 N–H and O–H groups in total. The molecular weight excluding hydrogens is 116 g/mol. The number of hydrogen-bond acceptors (Lipinski definition) is 2. The van der Waals surface area contributed by atoms with Crippen LogP contribution in [0.4, 0.5) is 0 Å². The van der Waals surface area contributed by atoms with Crippen molar-refractivity contribution in [2.75, 3.05) is 13.2 Å². The van der Waals surface area contributed by atoms with Gasteiger partial charge in [-0.2, -0.15) is 0 Å². The highest BCUT2D eigenvalue weighted by molar-refractivity contribution is 4.67. The van der Waals surface area contributed by atoms with Crippen LogP contribution in [0.25, 0.3) is 0 Å². The van der Waals surface area contributed by atoms with Crippen molar-refractivity contribution in [3.8, 4) is 0 Å². The second-order valence-electron chi connectivity index (χ2n) is 2.70. The van der Waals surface area contributed by atoms with Crippen molar-refractivity contribution in [1.29, 1.82) is 0 Å². The summed E-state index contributed by atoms with van der Waals surface area (Å²) in [5.41, 5.74) is 0. The van der Waals surface area contributed by atoms with Crippen LogP contribution in [0.3, 0.4) is 0 Å². The van der Waals surface area contributed by atoms with E-state index in [2.05, 4.69) is 6.92 Å². The average Bonchev–Trinajstić information content (AvgIpc) is 1.88. The Labute approximate surface area is 55.8 Å². The van der Waals surface area contributed by atoms with Crippen molar-refractivity contribution >= 4 is 0 Å². The summed E-state index contributed by atoms with van der Waals surface area (Å²) in [6, 6.07) is 0. The first-order valence-corrected chi connectivity index (χ1v) is 3.58. The molecule has 1 rings (SSSR count). The Balaban J connectivity index is 2.23. The fraction of sp³-hybridized carbons (Fsp3) is 1.00. The van der Waals surface area contributed by atoms with E-state index in [1.165, 1.54) is 0 Å². The van der Waals surface area contributed by atoms with Crippen molar-refractivity contribution in [3.05, 3.63) is 0 Å². The summed E-state index contributed by atoms with van der Waals surface area (Å²) in [5.74, 6) is 0.591. The minimum Gasteiger partial charge on any atom is -0.391 e. The van der Waals surface area contributed by atoms with E-state index in [1.54, 1.807) is 0 Å². The summed E-state index contributed by atoms with van der Waals surface area (Å²) in [6.45, 7) is 3.51. The van der Waals surface area contributed by atoms with Gasteiger partial charge in [-0.3, -0.25) is 0 Å². The monoisotopic (exact) mass is 130 g/mol. The van der Waals surface area contributed by atoms with E-state index < -0.39 is 0 Å². The molecule has 1 saturated heterocycles. The maximum absolute atomic E-state index is 9.09. The normalized spacial score (nSPS) is 36.7. The summed E-state index contributed by atoms with van der Waals surface area (Å²) in [5, 5.41) is 9.09. The fourth-order valence-corrected chi connectivity index (χ4v) is 1.18. The summed E-state index contributed by atoms with van der Waals surface area (Å²) in [7, 11) is 0. The van der Waals surface area contributed by atoms with Gasteiger partial charge in [0.1, 0.15) is 0 Å². The Hall–Kier alpha value is -0.0800. The molecular formula is C7H14O2. The smallest absolute Gasteiger partial charge is 0.0777 e. The molecule has 1 heterocycles. The van der Waals surface area contributed by atoms with Gasteiger partial charge in [-0.15, -0.1) is 0 Å². The minimum absolute atomic E-state index is 0.205. The van der Waals surface area contributed by atoms with Crippen molar-refractivity contribution in [2.24, 2.45) is 5.92 Å². The van der Waals surface area contributed by atoms with Crippen LogP contribution in [-0.2, 0) is 4.74 Å². The second-order valence-corrected chi connectivity index (χ2v) is 2.70. The van der Waals surface area contributed by atoms with E-state index in [1.807, 2.05) is 0 Å². The lowest BCUT2D eigenvalue weighted by atomic mass is 9.98. The molecule has 0 bridgehead atoms. The van der Waals surface area contributed by atoms with Crippen LogP contribution in [-0.4, -0.2) is 24.4 Å². The van der Waals surface area contributed by atoms with Crippen LogP contribution >= 0.6 is 0 Å². The van der Waals surface area contributed by atoms with Crippen LogP contribution in [0.2, 0.25) is 0 Å². The van der Waals surface area contributed by atoms with Crippen LogP contribution in [0.15, 0.2) is 0 Å². The van der Waals surface area contributed by atoms with Gasteiger partial charge in [0, 0.05) is 6.61 Å². The molecule has 1 aliphatic heterocycles. The largest absolute Gasteiger partial charge is 0.391 e. The number of aliphatic hydroxyl groups excluding tert-OH is 1. The van der Waals surface area contributed by atoms with Gasteiger partial charge in [0.15, 0.2) is 0 Å². The van der Waals surface area contributed by atoms with Crippen molar-refractivity contribution in [2.45, 2.75) is 25.9 Å². The first kappa shape index (κ1) is 7.03. The molecule has 0 spiro atoms. The van der Waals surface area contributed by atoms with E-state index in [0.717, 1.165) is 19.4 Å². The third kappa shape index (κ3) is 1.95. The summed E-state index contributed by atoms with van der Waals surface area (Å²) in [4.78, 5) is 0. The number of aliphatic hydroxyl groups is 1. The second kappa shape index (κ2) is 3.18. The zero-order valence-corrected chi connectivity index (χ0v) is 5.84. The Bertz CT molecular complexity index is 83.0. The van der Waals surface area contributed by atoms with Crippen LogP contribution in [0.1, 0.15) is 19.8 Å². The summed E-state index contributed by atoms with van der Waals surface area (Å²) in [6.07, 6.45) is 1.84. The molecule has 0 unspecified atom stereocenters. The predicted molar refractivity (Wildman–Crippen MR) is 35.2 cm³/mol. The van der Waals surface area contributed by atoms with Crippen molar-refractivity contribution in [3.63, 3.8) is 0 Å². The van der Waals surface area contributed by atoms with E-state index in [9.17, 15) is 0 Å². The molecule has 0 aromatic carbocycles. The molecule has 0 saturated carbocycles. The highest BCUT2D eigenvalue weighted by Crippen LogP contribution is 2.16. The van der Waals surface area contributed by atoms with Crippen LogP contribution in [0.5, 0.6) is 0 Å². The van der Waals surface area contributed by atoms with Gasteiger partial charge >= 0.3 is 0 Å². The molecule has 2 atom stereocenters. The lowest BCUT2D eigenvalue weighted by Crippen LogP contribution is -2.28. The van der Waals surface area contributed by atoms with E-state index in [0.29, 0.717) is 12.5 Å². The Morgan fingerprint density at radius 1 is 1.56 bits per heavy atom. The standard InChI is InChI=1S/C7H14O2/c1-2-6-3-7(8)5-9-4-6/h6-8H,2-5H2,1H3/t6-,7+/m0/s1. The molecule has 9 heavy (non-hydrogen) atoms. The summed E-state index contributed by atoms with van der Waals surface area (Å²) >= 11 is 0. The first-order chi connectivity index (χ1) is 4.33. The van der Waals surface area contributed by atoms with Crippen LogP contribution < -0.4 is 0 Å². The molecule has 0 aliphatic carbocycles. The topological polar surface area (TPSA) is 29.5 Å². The minimum atomic E-state index is -0.205. The highest BCUT2D eigenvalue weighted by atomic mass is 16.5. The maximum atomic E-state index is 9.09. The van der Waals surface area contributed by atoms with Crippen molar-refractivity contribution < 1.29 is 9.84 Å². The summed E-state index contributed by atoms with van der Waals surface area (Å²) < 4.78 is 5.14. The first-order valence-electron chi connectivity index (χ1n) is 3.58. The molecule has 0 aromatic heterocycles. The Kier molecular flexibility index (Phi) is 2.49. The Morgan fingerprint density at radius 3 is 2.78 bits per heavy atom. The van der Waals surface area contributed by atoms with Crippen LogP contribution in [0, 0.1) is 5.92 Å². The zero-order valence-electron chi connectivity index (χ0n) is 5.84. The quantitative estimate of drug-likeness (QED) is 0.568. The lowest BCUT2D eigenvalue weighted by Gasteiger charge is -2.24. The molecule has 0 aromatic rings. The molecule has 1 fully saturated rings. The average molecular weight is 130 g/mol. The molecule has 0 amide bonds. The SMILES string of the molecule is CC[C@@H]1COC[C@H](O)C1. The van der Waals surface area contributed by atoms with Gasteiger partial charge < -0.3 is 9.84 Å². The number of ether oxygens (including phenoxy) is 1. The predicted octanol–water partition coefficient (Wildman–Crippen LogP) is 0.794. The molecule has 2 heteroatoms. The molecule has 2 nitrogen and oxygen atoms in total. The van der Waals surface area contributed by atoms with Crippen molar-refractivity contribution in [1.82, 2.24) is 0 Å². The van der Waals surface area contributed by atoms with Gasteiger partial charge in [-0.1, -0.05) is 13.3 Å². The number of hydrogen-bond donors (Lipinski definition) is 1. The molecule has 0 radical (unpaired) electrons. The zero-order chi connectivity index (χ0) is 6.69. The highest BCUT2D eigenvalue weighted by Gasteiger charge is 2.18. The van der Waals surface area contributed by atoms with Gasteiger partial charge in [0.25, 0.3) is 0 Å². The molecule has 1 aliphatic rings. The van der Waals surface area contributed by atoms with E-state index in [4.69, 9.17) is 9.84 Å². The number of rotatable bonds is 1. The third-order valence-corrected chi connectivity index (χ3v) is 1.85. The Morgan fingerprint density at radius 2 is 2.33 bits per heavy atom. The molecule has 54 valence electrons. The maximum Gasteiger partial charge on any atom is 0.0777 e. The lowest BCUT2D eigenvalue weighted by molar-refractivity contribution is -0.0366. The van der Waals surface area contributed by atoms with E-state index in [-0.39, 0.29) is 6.10 Å². The van der Waals surface area contributed by atoms with E-state index >= 15 is 0 Å². The van der Waals surface area contributed by atoms with Gasteiger partial charge in [0.05, 0.1) is 12.7 Å². The van der Waals surface area contributed by atoms with Gasteiger partial charge in [-0.05, 0) is 12.3 Å². The van der Waals surface area contributed by atoms with Gasteiger partial charge in [-0.25, -0.2) is 0 Å². The third-order valence-electron chi connectivity index (χ3n) is 1.85.